The normalized spacial score (nSPS) is 10.1. The number of hydrogen-bond donors (Lipinski definition) is 2. The second-order valence-electron chi connectivity index (χ2n) is 4.73. The van der Waals surface area contributed by atoms with E-state index in [1.807, 2.05) is 32.0 Å². The predicted octanol–water partition coefficient (Wildman–Crippen LogP) is 3.70. The van der Waals surface area contributed by atoms with Crippen LogP contribution in [-0.2, 0) is 4.79 Å². The van der Waals surface area contributed by atoms with Crippen LogP contribution in [0.2, 0.25) is 0 Å². The van der Waals surface area contributed by atoms with Crippen molar-refractivity contribution in [1.82, 2.24) is 5.32 Å². The van der Waals surface area contributed by atoms with Gasteiger partial charge in [-0.2, -0.15) is 0 Å². The van der Waals surface area contributed by atoms with Gasteiger partial charge in [0.05, 0.1) is 0 Å². The Labute approximate surface area is 120 Å². The van der Waals surface area contributed by atoms with E-state index in [4.69, 9.17) is 12.2 Å². The van der Waals surface area contributed by atoms with Crippen LogP contribution in [0.5, 0.6) is 0 Å². The fraction of sp³-hybridized carbons (Fsp3) is 0.467. The van der Waals surface area contributed by atoms with Crippen molar-refractivity contribution in [2.45, 2.75) is 46.5 Å². The molecule has 19 heavy (non-hydrogen) atoms. The third kappa shape index (κ3) is 5.39. The molecule has 0 radical (unpaired) electrons. The minimum atomic E-state index is -0.0165. The number of amides is 1. The lowest BCUT2D eigenvalue weighted by molar-refractivity contribution is -0.119. The maximum Gasteiger partial charge on any atom is 0.226 e. The van der Waals surface area contributed by atoms with E-state index in [1.54, 1.807) is 0 Å². The quantitative estimate of drug-likeness (QED) is 0.637. The molecular weight excluding hydrogens is 256 g/mol. The lowest BCUT2D eigenvalue weighted by atomic mass is 10.1. The van der Waals surface area contributed by atoms with Gasteiger partial charge < -0.3 is 10.6 Å². The topological polar surface area (TPSA) is 41.1 Å². The zero-order valence-electron chi connectivity index (χ0n) is 11.9. The van der Waals surface area contributed by atoms with Gasteiger partial charge in [0.25, 0.3) is 0 Å². The Morgan fingerprint density at radius 1 is 1.21 bits per heavy atom. The summed E-state index contributed by atoms with van der Waals surface area (Å²) in [6, 6.07) is 6.03. The van der Waals surface area contributed by atoms with Crippen molar-refractivity contribution in [3.8, 4) is 0 Å². The SMILES string of the molecule is CCCCCC(=O)NC(=S)Nc1c(C)cccc1C. The number of hydrogen-bond acceptors (Lipinski definition) is 2. The van der Waals surface area contributed by atoms with Crippen LogP contribution in [0.25, 0.3) is 0 Å². The highest BCUT2D eigenvalue weighted by molar-refractivity contribution is 7.80. The highest BCUT2D eigenvalue weighted by atomic mass is 32.1. The molecule has 1 aromatic carbocycles. The van der Waals surface area contributed by atoms with Crippen LogP contribution < -0.4 is 10.6 Å². The van der Waals surface area contributed by atoms with Crippen molar-refractivity contribution in [1.29, 1.82) is 0 Å². The molecule has 0 saturated carbocycles. The molecular formula is C15H22N2OS. The maximum atomic E-state index is 11.6. The molecule has 0 aliphatic rings. The summed E-state index contributed by atoms with van der Waals surface area (Å²) in [4.78, 5) is 11.6. The summed E-state index contributed by atoms with van der Waals surface area (Å²) in [6.07, 6.45) is 3.62. The van der Waals surface area contributed by atoms with Gasteiger partial charge in [0.1, 0.15) is 0 Å². The average Bonchev–Trinajstić information content (AvgIpc) is 2.34. The molecule has 4 heteroatoms. The number of carbonyl (C=O) groups excluding carboxylic acids is 1. The maximum absolute atomic E-state index is 11.6. The minimum Gasteiger partial charge on any atom is -0.332 e. The van der Waals surface area contributed by atoms with Crippen LogP contribution >= 0.6 is 12.2 Å². The smallest absolute Gasteiger partial charge is 0.226 e. The summed E-state index contributed by atoms with van der Waals surface area (Å²) in [7, 11) is 0. The molecule has 3 nitrogen and oxygen atoms in total. The second-order valence-corrected chi connectivity index (χ2v) is 5.13. The molecule has 0 aliphatic carbocycles. The minimum absolute atomic E-state index is 0.0165. The number of aryl methyl sites for hydroxylation is 2. The summed E-state index contributed by atoms with van der Waals surface area (Å²) < 4.78 is 0. The predicted molar refractivity (Wildman–Crippen MR) is 84.4 cm³/mol. The van der Waals surface area contributed by atoms with Crippen LogP contribution in [0.3, 0.4) is 0 Å². The Bertz CT molecular complexity index is 437. The largest absolute Gasteiger partial charge is 0.332 e. The van der Waals surface area contributed by atoms with Gasteiger partial charge in [-0.05, 0) is 43.6 Å². The van der Waals surface area contributed by atoms with Crippen molar-refractivity contribution < 1.29 is 4.79 Å². The van der Waals surface area contributed by atoms with Gasteiger partial charge in [-0.25, -0.2) is 0 Å². The first kappa shape index (κ1) is 15.6. The number of benzene rings is 1. The fourth-order valence-corrected chi connectivity index (χ4v) is 2.10. The molecule has 0 aliphatic heterocycles. The van der Waals surface area contributed by atoms with Gasteiger partial charge >= 0.3 is 0 Å². The highest BCUT2D eigenvalue weighted by Gasteiger charge is 2.07. The number of carbonyl (C=O) groups is 1. The van der Waals surface area contributed by atoms with Gasteiger partial charge in [0.2, 0.25) is 5.91 Å². The Morgan fingerprint density at radius 2 is 1.84 bits per heavy atom. The molecule has 0 aromatic heterocycles. The molecule has 0 saturated heterocycles. The molecule has 0 fully saturated rings. The van der Waals surface area contributed by atoms with E-state index in [0.717, 1.165) is 36.1 Å². The monoisotopic (exact) mass is 278 g/mol. The lowest BCUT2D eigenvalue weighted by Crippen LogP contribution is -2.34. The first-order valence-electron chi connectivity index (χ1n) is 6.71. The van der Waals surface area contributed by atoms with Crippen molar-refractivity contribution >= 4 is 28.9 Å². The van der Waals surface area contributed by atoms with Crippen LogP contribution in [0, 0.1) is 13.8 Å². The van der Waals surface area contributed by atoms with Crippen LogP contribution in [0.4, 0.5) is 5.69 Å². The van der Waals surface area contributed by atoms with Gasteiger partial charge in [-0.1, -0.05) is 38.0 Å². The first-order chi connectivity index (χ1) is 9.04. The number of anilines is 1. The number of thiocarbonyl (C=S) groups is 1. The number of nitrogens with one attached hydrogen (secondary N) is 2. The van der Waals surface area contributed by atoms with Crippen molar-refractivity contribution in [2.24, 2.45) is 0 Å². The summed E-state index contributed by atoms with van der Waals surface area (Å²) in [6.45, 7) is 6.15. The van der Waals surface area contributed by atoms with E-state index in [9.17, 15) is 4.79 Å². The summed E-state index contributed by atoms with van der Waals surface area (Å²) >= 11 is 5.17. The molecule has 1 aromatic rings. The molecule has 2 N–H and O–H groups in total. The summed E-state index contributed by atoms with van der Waals surface area (Å²) in [5, 5.41) is 6.20. The number of unbranched alkanes of at least 4 members (excludes halogenated alkanes) is 2. The number of rotatable bonds is 5. The van der Waals surface area contributed by atoms with E-state index in [-0.39, 0.29) is 5.91 Å². The summed E-state index contributed by atoms with van der Waals surface area (Å²) in [5.74, 6) is -0.0165. The molecule has 0 bridgehead atoms. The molecule has 0 heterocycles. The van der Waals surface area contributed by atoms with Gasteiger partial charge in [-0.3, -0.25) is 4.79 Å². The third-order valence-corrected chi connectivity index (χ3v) is 3.18. The van der Waals surface area contributed by atoms with E-state index < -0.39 is 0 Å². The van der Waals surface area contributed by atoms with E-state index in [1.165, 1.54) is 0 Å². The van der Waals surface area contributed by atoms with Crippen molar-refractivity contribution in [3.05, 3.63) is 29.3 Å². The van der Waals surface area contributed by atoms with E-state index in [2.05, 4.69) is 17.6 Å². The Kier molecular flexibility index (Phi) is 6.50. The Morgan fingerprint density at radius 3 is 2.42 bits per heavy atom. The lowest BCUT2D eigenvalue weighted by Gasteiger charge is -2.14. The van der Waals surface area contributed by atoms with Crippen LogP contribution in [0.15, 0.2) is 18.2 Å². The zero-order valence-corrected chi connectivity index (χ0v) is 12.7. The van der Waals surface area contributed by atoms with E-state index >= 15 is 0 Å². The Hall–Kier alpha value is -1.42. The van der Waals surface area contributed by atoms with Crippen LogP contribution in [0.1, 0.15) is 43.7 Å². The van der Waals surface area contributed by atoms with E-state index in [0.29, 0.717) is 11.5 Å². The van der Waals surface area contributed by atoms with Gasteiger partial charge in [0.15, 0.2) is 5.11 Å². The fourth-order valence-electron chi connectivity index (χ4n) is 1.88. The van der Waals surface area contributed by atoms with Crippen LogP contribution in [-0.4, -0.2) is 11.0 Å². The first-order valence-corrected chi connectivity index (χ1v) is 7.12. The molecule has 1 amide bonds. The van der Waals surface area contributed by atoms with Gasteiger partial charge in [0, 0.05) is 12.1 Å². The molecule has 0 atom stereocenters. The molecule has 104 valence electrons. The molecule has 1 rings (SSSR count). The zero-order chi connectivity index (χ0) is 14.3. The number of para-hydroxylation sites is 1. The van der Waals surface area contributed by atoms with Gasteiger partial charge in [-0.15, -0.1) is 0 Å². The van der Waals surface area contributed by atoms with Crippen molar-refractivity contribution in [2.75, 3.05) is 5.32 Å². The second kappa shape index (κ2) is 7.89. The third-order valence-electron chi connectivity index (χ3n) is 2.98. The molecule has 0 unspecified atom stereocenters. The van der Waals surface area contributed by atoms with Crippen molar-refractivity contribution in [3.63, 3.8) is 0 Å². The highest BCUT2D eigenvalue weighted by Crippen LogP contribution is 2.19. The Balaban J connectivity index is 2.49. The molecule has 0 spiro atoms. The standard InChI is InChI=1S/C15H22N2OS/c1-4-5-6-10-13(18)16-15(19)17-14-11(2)8-7-9-12(14)3/h7-9H,4-6,10H2,1-3H3,(H2,16,17,18,19). The summed E-state index contributed by atoms with van der Waals surface area (Å²) in [5.41, 5.74) is 3.20. The average molecular weight is 278 g/mol.